The van der Waals surface area contributed by atoms with Crippen molar-refractivity contribution >= 4 is 35.0 Å². The van der Waals surface area contributed by atoms with Crippen molar-refractivity contribution in [3.05, 3.63) is 58.8 Å². The molecule has 0 radical (unpaired) electrons. The highest BCUT2D eigenvalue weighted by molar-refractivity contribution is 6.31. The zero-order valence-corrected chi connectivity index (χ0v) is 16.5. The number of hydrogen-bond acceptors (Lipinski definition) is 5. The Morgan fingerprint density at radius 2 is 1.97 bits per heavy atom. The normalized spacial score (nSPS) is 11.4. The number of rotatable bonds is 5. The van der Waals surface area contributed by atoms with Gasteiger partial charge in [-0.05, 0) is 37.3 Å². The first kappa shape index (κ1) is 21.5. The number of H-pyrrole nitrogens is 1. The van der Waals surface area contributed by atoms with E-state index in [1.165, 1.54) is 35.9 Å². The molecule has 0 fully saturated rings. The Balaban J connectivity index is 1.95. The van der Waals surface area contributed by atoms with Gasteiger partial charge in [0.15, 0.2) is 0 Å². The van der Waals surface area contributed by atoms with Crippen LogP contribution in [0.2, 0.25) is 5.02 Å². The van der Waals surface area contributed by atoms with E-state index in [0.717, 1.165) is 24.5 Å². The van der Waals surface area contributed by atoms with Crippen molar-refractivity contribution in [2.45, 2.75) is 13.1 Å². The Kier molecular flexibility index (Phi) is 5.92. The molecule has 0 unspecified atom stereocenters. The average Bonchev–Trinajstić information content (AvgIpc) is 3.20. The second-order valence-corrected chi connectivity index (χ2v) is 6.71. The summed E-state index contributed by atoms with van der Waals surface area (Å²) in [5, 5.41) is 6.03. The van der Waals surface area contributed by atoms with E-state index in [1.54, 1.807) is 0 Å². The molecule has 0 aliphatic carbocycles. The van der Waals surface area contributed by atoms with Gasteiger partial charge in [-0.2, -0.15) is 23.3 Å². The minimum Gasteiger partial charge on any atom is -0.314 e. The van der Waals surface area contributed by atoms with Crippen LogP contribution >= 0.6 is 11.6 Å². The monoisotopic (exact) mass is 442 g/mol. The number of aromatic amines is 1. The van der Waals surface area contributed by atoms with Crippen molar-refractivity contribution in [1.82, 2.24) is 20.2 Å². The molecule has 2 aromatic heterocycles. The summed E-state index contributed by atoms with van der Waals surface area (Å²) in [5.74, 6) is -1.29. The average molecular weight is 443 g/mol. The Bertz CT molecular complexity index is 1060. The molecule has 0 saturated heterocycles. The molecule has 3 aromatic rings. The van der Waals surface area contributed by atoms with Crippen LogP contribution in [0.5, 0.6) is 0 Å². The molecule has 1 N–H and O–H groups in total. The number of nitrogens with one attached hydrogen (secondary N) is 1. The summed E-state index contributed by atoms with van der Waals surface area (Å²) < 4.78 is 53.1. The van der Waals surface area contributed by atoms with E-state index in [9.17, 15) is 22.4 Å². The van der Waals surface area contributed by atoms with Crippen molar-refractivity contribution in [2.24, 2.45) is 0 Å². The second-order valence-electron chi connectivity index (χ2n) is 6.30. The molecule has 0 aliphatic heterocycles. The maximum Gasteiger partial charge on any atom is 0.416 e. The number of alkyl halides is 3. The highest BCUT2D eigenvalue weighted by Crippen LogP contribution is 2.33. The minimum atomic E-state index is -4.60. The quantitative estimate of drug-likeness (QED) is 0.601. The van der Waals surface area contributed by atoms with Crippen LogP contribution in [-0.4, -0.2) is 39.7 Å². The van der Waals surface area contributed by atoms with Gasteiger partial charge in [0, 0.05) is 18.4 Å². The summed E-state index contributed by atoms with van der Waals surface area (Å²) in [5.41, 5.74) is -0.506. The summed E-state index contributed by atoms with van der Waals surface area (Å²) >= 11 is 5.76. The van der Waals surface area contributed by atoms with Gasteiger partial charge >= 0.3 is 6.18 Å². The van der Waals surface area contributed by atoms with E-state index in [2.05, 4.69) is 20.2 Å². The number of amides is 1. The third kappa shape index (κ3) is 4.67. The number of benzene rings is 1. The summed E-state index contributed by atoms with van der Waals surface area (Å²) in [7, 11) is 1.43. The molecule has 30 heavy (non-hydrogen) atoms. The number of pyridine rings is 1. The molecule has 0 atom stereocenters. The van der Waals surface area contributed by atoms with Crippen molar-refractivity contribution in [2.75, 3.05) is 23.4 Å². The molecule has 3 rings (SSSR count). The predicted molar refractivity (Wildman–Crippen MR) is 102 cm³/mol. The van der Waals surface area contributed by atoms with E-state index in [1.807, 2.05) is 0 Å². The lowest BCUT2D eigenvalue weighted by Gasteiger charge is -2.25. The van der Waals surface area contributed by atoms with Crippen molar-refractivity contribution in [3.63, 3.8) is 0 Å². The Labute approximate surface area is 173 Å². The summed E-state index contributed by atoms with van der Waals surface area (Å²) in [6.07, 6.45) is -3.45. The summed E-state index contributed by atoms with van der Waals surface area (Å²) in [6.45, 7) is 0.986. The first-order valence-corrected chi connectivity index (χ1v) is 8.84. The van der Waals surface area contributed by atoms with Gasteiger partial charge in [0.1, 0.15) is 24.5 Å². The number of hydrogen-bond donors (Lipinski definition) is 1. The lowest BCUT2D eigenvalue weighted by Crippen LogP contribution is -2.37. The van der Waals surface area contributed by atoms with E-state index in [-0.39, 0.29) is 22.5 Å². The van der Waals surface area contributed by atoms with Gasteiger partial charge in [0.05, 0.1) is 10.6 Å². The van der Waals surface area contributed by atoms with Crippen molar-refractivity contribution in [1.29, 1.82) is 0 Å². The number of carbonyl (C=O) groups is 1. The van der Waals surface area contributed by atoms with Crippen LogP contribution in [0.4, 0.5) is 35.0 Å². The number of aryl methyl sites for hydroxylation is 1. The van der Waals surface area contributed by atoms with Crippen LogP contribution in [0.3, 0.4) is 0 Å². The molecule has 7 nitrogen and oxygen atoms in total. The van der Waals surface area contributed by atoms with E-state index >= 15 is 0 Å². The molecule has 0 aliphatic rings. The van der Waals surface area contributed by atoms with Gasteiger partial charge in [-0.3, -0.25) is 9.69 Å². The Hall–Kier alpha value is -3.21. The zero-order chi connectivity index (χ0) is 22.1. The molecule has 0 saturated carbocycles. The number of halogens is 5. The Morgan fingerprint density at radius 1 is 1.23 bits per heavy atom. The van der Waals surface area contributed by atoms with Gasteiger partial charge in [0.2, 0.25) is 11.9 Å². The number of aromatic nitrogens is 4. The standard InChI is InChI=1S/C18H15ClF4N6O/c1-10-5-11(18(21,22)23)6-15(26-10)29(17-24-9-25-27-17)8-16(30)28(2)12-3-4-14(20)13(19)7-12/h3-7,9H,8H2,1-2H3,(H,24,25,27). The SMILES string of the molecule is Cc1cc(C(F)(F)F)cc(N(CC(=O)N(C)c2ccc(F)c(Cl)c2)c2ncn[nH]2)n1. The smallest absolute Gasteiger partial charge is 0.314 e. The molecular formula is C18H15ClF4N6O. The van der Waals surface area contributed by atoms with E-state index in [4.69, 9.17) is 11.6 Å². The van der Waals surface area contributed by atoms with Crippen LogP contribution in [0.25, 0.3) is 0 Å². The molecule has 2 heterocycles. The summed E-state index contributed by atoms with van der Waals surface area (Å²) in [4.78, 5) is 23.2. The zero-order valence-electron chi connectivity index (χ0n) is 15.7. The van der Waals surface area contributed by atoms with Crippen LogP contribution in [-0.2, 0) is 11.0 Å². The van der Waals surface area contributed by atoms with E-state index in [0.29, 0.717) is 5.69 Å². The van der Waals surface area contributed by atoms with Crippen molar-refractivity contribution in [3.8, 4) is 0 Å². The summed E-state index contributed by atoms with van der Waals surface area (Å²) in [6, 6.07) is 5.44. The number of carbonyl (C=O) groups excluding carboxylic acids is 1. The van der Waals surface area contributed by atoms with Crippen LogP contribution in [0, 0.1) is 12.7 Å². The number of nitrogens with zero attached hydrogens (tertiary/aromatic N) is 5. The van der Waals surface area contributed by atoms with Crippen LogP contribution in [0.1, 0.15) is 11.3 Å². The third-order valence-electron chi connectivity index (χ3n) is 4.16. The van der Waals surface area contributed by atoms with Gasteiger partial charge in [-0.25, -0.2) is 14.5 Å². The second kappa shape index (κ2) is 8.27. The predicted octanol–water partition coefficient (Wildman–Crippen LogP) is 4.12. The number of likely N-dealkylation sites (N-methyl/N-ethyl adjacent to an activating group) is 1. The first-order chi connectivity index (χ1) is 14.1. The number of anilines is 3. The molecule has 0 spiro atoms. The topological polar surface area (TPSA) is 78.0 Å². The molecule has 158 valence electrons. The minimum absolute atomic E-state index is 0.0279. The fourth-order valence-corrected chi connectivity index (χ4v) is 2.80. The van der Waals surface area contributed by atoms with Crippen LogP contribution in [0.15, 0.2) is 36.7 Å². The van der Waals surface area contributed by atoms with Crippen LogP contribution < -0.4 is 9.80 Å². The molecular weight excluding hydrogens is 428 g/mol. The van der Waals surface area contributed by atoms with E-state index < -0.39 is 30.0 Å². The van der Waals surface area contributed by atoms with Gasteiger partial charge in [-0.15, -0.1) is 0 Å². The van der Waals surface area contributed by atoms with Gasteiger partial charge < -0.3 is 4.90 Å². The first-order valence-electron chi connectivity index (χ1n) is 8.46. The Morgan fingerprint density at radius 3 is 2.57 bits per heavy atom. The third-order valence-corrected chi connectivity index (χ3v) is 4.45. The lowest BCUT2D eigenvalue weighted by atomic mass is 10.2. The lowest BCUT2D eigenvalue weighted by molar-refractivity contribution is -0.137. The highest BCUT2D eigenvalue weighted by Gasteiger charge is 2.32. The fourth-order valence-electron chi connectivity index (χ4n) is 2.63. The van der Waals surface area contributed by atoms with Gasteiger partial charge in [-0.1, -0.05) is 11.6 Å². The molecule has 1 aromatic carbocycles. The van der Waals surface area contributed by atoms with Crippen molar-refractivity contribution < 1.29 is 22.4 Å². The van der Waals surface area contributed by atoms with Gasteiger partial charge in [0.25, 0.3) is 0 Å². The highest BCUT2D eigenvalue weighted by atomic mass is 35.5. The molecule has 12 heteroatoms. The molecule has 0 bridgehead atoms. The fraction of sp³-hybridized carbons (Fsp3) is 0.222. The largest absolute Gasteiger partial charge is 0.416 e. The maximum atomic E-state index is 13.4. The molecule has 1 amide bonds. The maximum absolute atomic E-state index is 13.4.